The van der Waals surface area contributed by atoms with Crippen LogP contribution >= 0.6 is 0 Å². The molecule has 4 nitrogen and oxygen atoms in total. The fourth-order valence-electron chi connectivity index (χ4n) is 3.41. The first-order valence-corrected chi connectivity index (χ1v) is 9.05. The van der Waals surface area contributed by atoms with E-state index < -0.39 is 0 Å². The highest BCUT2D eigenvalue weighted by atomic mass is 15.2. The molecule has 0 amide bonds. The molecule has 0 aromatic rings. The van der Waals surface area contributed by atoms with Gasteiger partial charge >= 0.3 is 0 Å². The van der Waals surface area contributed by atoms with E-state index in [0.29, 0.717) is 6.04 Å². The van der Waals surface area contributed by atoms with Gasteiger partial charge in [-0.25, -0.2) is 0 Å². The Kier molecular flexibility index (Phi) is 7.34. The van der Waals surface area contributed by atoms with Gasteiger partial charge in [0.05, 0.1) is 0 Å². The Bertz CT molecular complexity index is 302. The zero-order chi connectivity index (χ0) is 14.9. The molecule has 1 saturated heterocycles. The highest BCUT2D eigenvalue weighted by Gasteiger charge is 2.18. The number of hydrogen-bond donors (Lipinski definition) is 2. The largest absolute Gasteiger partial charge is 0.357 e. The molecule has 2 fully saturated rings. The number of rotatable bonds is 6. The summed E-state index contributed by atoms with van der Waals surface area (Å²) in [7, 11) is 0. The lowest BCUT2D eigenvalue weighted by Gasteiger charge is -2.28. The minimum Gasteiger partial charge on any atom is -0.357 e. The third-order valence-electron chi connectivity index (χ3n) is 4.80. The van der Waals surface area contributed by atoms with Gasteiger partial charge in [0, 0.05) is 19.1 Å². The Hall–Kier alpha value is -0.770. The predicted octanol–water partition coefficient (Wildman–Crippen LogP) is 2.61. The first kappa shape index (κ1) is 16.6. The van der Waals surface area contributed by atoms with Crippen LogP contribution in [0.1, 0.15) is 58.8 Å². The molecule has 1 heterocycles. The number of likely N-dealkylation sites (tertiary alicyclic amines) is 1. The van der Waals surface area contributed by atoms with E-state index >= 15 is 0 Å². The molecule has 2 aliphatic rings. The van der Waals surface area contributed by atoms with Crippen LogP contribution in [-0.4, -0.2) is 49.6 Å². The molecular formula is C17H34N4. The van der Waals surface area contributed by atoms with Crippen LogP contribution < -0.4 is 10.6 Å². The Morgan fingerprint density at radius 1 is 1.14 bits per heavy atom. The van der Waals surface area contributed by atoms with E-state index in [1.165, 1.54) is 64.6 Å². The van der Waals surface area contributed by atoms with Crippen molar-refractivity contribution < 1.29 is 0 Å². The van der Waals surface area contributed by atoms with Gasteiger partial charge in [0.2, 0.25) is 0 Å². The lowest BCUT2D eigenvalue weighted by Crippen LogP contribution is -2.44. The standard InChI is InChI=1S/C17H34N4/c1-3-18-17(20-16-9-7-15(2)8-10-16)19-11-6-14-21-12-4-5-13-21/h15-16H,3-14H2,1-2H3,(H2,18,19,20). The number of nitrogens with one attached hydrogen (secondary N) is 2. The Morgan fingerprint density at radius 2 is 1.86 bits per heavy atom. The molecule has 0 radical (unpaired) electrons. The van der Waals surface area contributed by atoms with Gasteiger partial charge in [-0.3, -0.25) is 4.99 Å². The first-order chi connectivity index (χ1) is 10.3. The zero-order valence-corrected chi connectivity index (χ0v) is 14.0. The summed E-state index contributed by atoms with van der Waals surface area (Å²) in [6.45, 7) is 10.2. The van der Waals surface area contributed by atoms with E-state index in [9.17, 15) is 0 Å². The van der Waals surface area contributed by atoms with Crippen LogP contribution in [0, 0.1) is 5.92 Å². The highest BCUT2D eigenvalue weighted by molar-refractivity contribution is 5.80. The van der Waals surface area contributed by atoms with Gasteiger partial charge in [-0.2, -0.15) is 0 Å². The third-order valence-corrected chi connectivity index (χ3v) is 4.80. The molecule has 0 bridgehead atoms. The number of hydrogen-bond acceptors (Lipinski definition) is 2. The van der Waals surface area contributed by atoms with Crippen LogP contribution in [0.4, 0.5) is 0 Å². The molecule has 0 aromatic heterocycles. The molecule has 4 heteroatoms. The van der Waals surface area contributed by atoms with Crippen LogP contribution in [0.3, 0.4) is 0 Å². The van der Waals surface area contributed by atoms with Crippen LogP contribution in [0.15, 0.2) is 4.99 Å². The van der Waals surface area contributed by atoms with Gasteiger partial charge in [0.15, 0.2) is 5.96 Å². The van der Waals surface area contributed by atoms with Crippen molar-refractivity contribution in [3.8, 4) is 0 Å². The van der Waals surface area contributed by atoms with E-state index in [-0.39, 0.29) is 0 Å². The van der Waals surface area contributed by atoms with E-state index in [1.54, 1.807) is 0 Å². The van der Waals surface area contributed by atoms with Crippen molar-refractivity contribution in [2.75, 3.05) is 32.7 Å². The second-order valence-electron chi connectivity index (χ2n) is 6.76. The molecule has 0 aromatic carbocycles. The second kappa shape index (κ2) is 9.29. The maximum atomic E-state index is 4.76. The third kappa shape index (κ3) is 6.25. The fraction of sp³-hybridized carbons (Fsp3) is 0.941. The maximum absolute atomic E-state index is 4.76. The monoisotopic (exact) mass is 294 g/mol. The minimum atomic E-state index is 0.623. The lowest BCUT2D eigenvalue weighted by molar-refractivity contribution is 0.328. The van der Waals surface area contributed by atoms with Gasteiger partial charge in [0.1, 0.15) is 0 Å². The van der Waals surface area contributed by atoms with Crippen molar-refractivity contribution in [2.24, 2.45) is 10.9 Å². The molecule has 2 N–H and O–H groups in total. The highest BCUT2D eigenvalue weighted by Crippen LogP contribution is 2.23. The van der Waals surface area contributed by atoms with Gasteiger partial charge in [-0.1, -0.05) is 6.92 Å². The van der Waals surface area contributed by atoms with E-state index in [2.05, 4.69) is 29.4 Å². The molecule has 0 atom stereocenters. The van der Waals surface area contributed by atoms with Gasteiger partial charge in [-0.15, -0.1) is 0 Å². The van der Waals surface area contributed by atoms with Crippen molar-refractivity contribution in [1.29, 1.82) is 0 Å². The Balaban J connectivity index is 1.68. The zero-order valence-electron chi connectivity index (χ0n) is 14.0. The van der Waals surface area contributed by atoms with Crippen LogP contribution in [0.2, 0.25) is 0 Å². The van der Waals surface area contributed by atoms with Crippen molar-refractivity contribution in [2.45, 2.75) is 64.8 Å². The molecule has 1 aliphatic carbocycles. The first-order valence-electron chi connectivity index (χ1n) is 9.05. The molecular weight excluding hydrogens is 260 g/mol. The van der Waals surface area contributed by atoms with Gasteiger partial charge in [-0.05, 0) is 77.4 Å². The molecule has 1 aliphatic heterocycles. The van der Waals surface area contributed by atoms with E-state index in [0.717, 1.165) is 25.0 Å². The summed E-state index contributed by atoms with van der Waals surface area (Å²) < 4.78 is 0. The van der Waals surface area contributed by atoms with Crippen LogP contribution in [-0.2, 0) is 0 Å². The van der Waals surface area contributed by atoms with E-state index in [4.69, 9.17) is 4.99 Å². The second-order valence-corrected chi connectivity index (χ2v) is 6.76. The van der Waals surface area contributed by atoms with Crippen molar-refractivity contribution in [3.63, 3.8) is 0 Å². The topological polar surface area (TPSA) is 39.7 Å². The predicted molar refractivity (Wildman–Crippen MR) is 90.8 cm³/mol. The average molecular weight is 294 g/mol. The number of guanidine groups is 1. The summed E-state index contributed by atoms with van der Waals surface area (Å²) in [5.74, 6) is 1.93. The van der Waals surface area contributed by atoms with Crippen LogP contribution in [0.25, 0.3) is 0 Å². The summed E-state index contributed by atoms with van der Waals surface area (Å²) in [6.07, 6.45) is 9.23. The molecule has 21 heavy (non-hydrogen) atoms. The normalized spacial score (nSPS) is 27.8. The maximum Gasteiger partial charge on any atom is 0.191 e. The van der Waals surface area contributed by atoms with Gasteiger partial charge < -0.3 is 15.5 Å². The summed E-state index contributed by atoms with van der Waals surface area (Å²) in [5.41, 5.74) is 0. The molecule has 0 spiro atoms. The lowest BCUT2D eigenvalue weighted by atomic mass is 9.87. The minimum absolute atomic E-state index is 0.623. The molecule has 1 saturated carbocycles. The SMILES string of the molecule is CCNC(=NCCCN1CCCC1)NC1CCC(C)CC1. The van der Waals surface area contributed by atoms with Crippen molar-refractivity contribution in [1.82, 2.24) is 15.5 Å². The van der Waals surface area contributed by atoms with Crippen molar-refractivity contribution >= 4 is 5.96 Å². The summed E-state index contributed by atoms with van der Waals surface area (Å²) in [4.78, 5) is 7.32. The quantitative estimate of drug-likeness (QED) is 0.449. The summed E-state index contributed by atoms with van der Waals surface area (Å²) in [6, 6.07) is 0.623. The number of aliphatic imine (C=N–C) groups is 1. The number of nitrogens with zero attached hydrogens (tertiary/aromatic N) is 2. The average Bonchev–Trinajstić information content (AvgIpc) is 2.99. The molecule has 0 unspecified atom stereocenters. The molecule has 122 valence electrons. The molecule has 2 rings (SSSR count). The van der Waals surface area contributed by atoms with Crippen molar-refractivity contribution in [3.05, 3.63) is 0 Å². The fourth-order valence-corrected chi connectivity index (χ4v) is 3.41. The van der Waals surface area contributed by atoms with Crippen LogP contribution in [0.5, 0.6) is 0 Å². The summed E-state index contributed by atoms with van der Waals surface area (Å²) >= 11 is 0. The smallest absolute Gasteiger partial charge is 0.191 e. The Morgan fingerprint density at radius 3 is 2.52 bits per heavy atom. The Labute approximate surface area is 130 Å². The summed E-state index contributed by atoms with van der Waals surface area (Å²) in [5, 5.41) is 7.03. The van der Waals surface area contributed by atoms with E-state index in [1.807, 2.05) is 0 Å². The van der Waals surface area contributed by atoms with Gasteiger partial charge in [0.25, 0.3) is 0 Å².